The fourth-order valence-corrected chi connectivity index (χ4v) is 3.43. The van der Waals surface area contributed by atoms with E-state index in [1.165, 1.54) is 0 Å². The third-order valence-electron chi connectivity index (χ3n) is 4.95. The number of hydrogen-bond acceptors (Lipinski definition) is 7. The van der Waals surface area contributed by atoms with Crippen LogP contribution in [0.15, 0.2) is 55.1 Å². The number of fused-ring (bicyclic) bond motifs is 1. The Morgan fingerprint density at radius 3 is 2.90 bits per heavy atom. The van der Waals surface area contributed by atoms with E-state index in [-0.39, 0.29) is 6.04 Å². The number of hydrogen-bond donors (Lipinski definition) is 1. The fraction of sp³-hybridized carbons (Fsp3) is 0.381. The molecule has 0 amide bonds. The summed E-state index contributed by atoms with van der Waals surface area (Å²) in [4.78, 5) is 8.98. The molecule has 1 unspecified atom stereocenters. The summed E-state index contributed by atoms with van der Waals surface area (Å²) >= 11 is 0. The summed E-state index contributed by atoms with van der Waals surface area (Å²) in [5.41, 5.74) is 1.86. The van der Waals surface area contributed by atoms with E-state index >= 15 is 0 Å². The first-order valence-corrected chi connectivity index (χ1v) is 10.1. The number of aryl methyl sites for hydroxylation is 2. The van der Waals surface area contributed by atoms with Crippen LogP contribution in [0.2, 0.25) is 0 Å². The van der Waals surface area contributed by atoms with Crippen LogP contribution in [-0.2, 0) is 17.8 Å². The molecule has 1 atom stereocenters. The molecule has 0 aliphatic rings. The van der Waals surface area contributed by atoms with Crippen LogP contribution in [0, 0.1) is 0 Å². The number of imidazole rings is 1. The molecule has 3 aromatic heterocycles. The Morgan fingerprint density at radius 2 is 2.03 bits per heavy atom. The number of tetrazole rings is 1. The molecule has 9 nitrogen and oxygen atoms in total. The van der Waals surface area contributed by atoms with Gasteiger partial charge in [0.2, 0.25) is 0 Å². The summed E-state index contributed by atoms with van der Waals surface area (Å²) in [5, 5.41) is 17.1. The molecule has 1 aromatic carbocycles. The van der Waals surface area contributed by atoms with Crippen LogP contribution in [0.1, 0.15) is 30.4 Å². The smallest absolute Gasteiger partial charge is 0.174 e. The van der Waals surface area contributed by atoms with Crippen molar-refractivity contribution in [2.75, 3.05) is 20.3 Å². The van der Waals surface area contributed by atoms with E-state index in [1.54, 1.807) is 13.3 Å². The van der Waals surface area contributed by atoms with Crippen molar-refractivity contribution in [1.82, 2.24) is 40.1 Å². The molecule has 0 bridgehead atoms. The fourth-order valence-electron chi connectivity index (χ4n) is 3.43. The van der Waals surface area contributed by atoms with E-state index in [2.05, 4.69) is 42.5 Å². The van der Waals surface area contributed by atoms with Crippen LogP contribution in [0.25, 0.3) is 10.9 Å². The minimum Gasteiger partial charge on any atom is -0.385 e. The van der Waals surface area contributed by atoms with Crippen molar-refractivity contribution in [3.05, 3.63) is 66.6 Å². The molecule has 0 fully saturated rings. The maximum absolute atomic E-state index is 5.17. The standard InChI is InChI=1S/C21H26N8O/c1-30-15-5-13-29-21(25-26-27-29)20(23-10-4-12-28-14-11-22-16-28)19-9-8-17-6-2-3-7-18(17)24-19/h2-3,6-9,11,14,16,20,23H,4-5,10,12-13,15H2,1H3. The van der Waals surface area contributed by atoms with Gasteiger partial charge in [-0.2, -0.15) is 0 Å². The van der Waals surface area contributed by atoms with Gasteiger partial charge in [0.25, 0.3) is 0 Å². The van der Waals surface area contributed by atoms with E-state index in [4.69, 9.17) is 9.72 Å². The minimum absolute atomic E-state index is 0.199. The Bertz CT molecular complexity index is 1050. The van der Waals surface area contributed by atoms with E-state index in [0.29, 0.717) is 13.2 Å². The molecule has 0 spiro atoms. The SMILES string of the molecule is COCCCn1nnnc1C(NCCCn1ccnc1)c1ccc2ccccc2n1. The average Bonchev–Trinajstić information content (AvgIpc) is 3.46. The first kappa shape index (κ1) is 20.1. The van der Waals surface area contributed by atoms with Crippen molar-refractivity contribution in [1.29, 1.82) is 0 Å². The highest BCUT2D eigenvalue weighted by Gasteiger charge is 2.22. The van der Waals surface area contributed by atoms with Gasteiger partial charge in [-0.05, 0) is 41.9 Å². The third kappa shape index (κ3) is 4.87. The van der Waals surface area contributed by atoms with Gasteiger partial charge in [-0.15, -0.1) is 5.10 Å². The molecule has 0 radical (unpaired) electrons. The van der Waals surface area contributed by atoms with Gasteiger partial charge >= 0.3 is 0 Å². The number of benzene rings is 1. The minimum atomic E-state index is -0.199. The Morgan fingerprint density at radius 1 is 1.10 bits per heavy atom. The zero-order valence-electron chi connectivity index (χ0n) is 17.1. The lowest BCUT2D eigenvalue weighted by Crippen LogP contribution is -2.28. The Hall–Kier alpha value is -3.17. The van der Waals surface area contributed by atoms with Gasteiger partial charge in [-0.1, -0.05) is 24.3 Å². The predicted molar refractivity (Wildman–Crippen MR) is 113 cm³/mol. The third-order valence-corrected chi connectivity index (χ3v) is 4.95. The maximum atomic E-state index is 5.17. The van der Waals surface area contributed by atoms with Crippen molar-refractivity contribution in [3.63, 3.8) is 0 Å². The van der Waals surface area contributed by atoms with E-state index < -0.39 is 0 Å². The van der Waals surface area contributed by atoms with Crippen molar-refractivity contribution < 1.29 is 4.74 Å². The van der Waals surface area contributed by atoms with Gasteiger partial charge in [0.05, 0.1) is 17.5 Å². The van der Waals surface area contributed by atoms with Crippen LogP contribution in [0.3, 0.4) is 0 Å². The lowest BCUT2D eigenvalue weighted by molar-refractivity contribution is 0.188. The molecule has 156 valence electrons. The van der Waals surface area contributed by atoms with E-state index in [1.807, 2.05) is 41.5 Å². The average molecular weight is 406 g/mol. The molecule has 9 heteroatoms. The molecular weight excluding hydrogens is 380 g/mol. The van der Waals surface area contributed by atoms with Gasteiger partial charge in [0, 0.05) is 44.6 Å². The van der Waals surface area contributed by atoms with Crippen molar-refractivity contribution >= 4 is 10.9 Å². The summed E-state index contributed by atoms with van der Waals surface area (Å²) in [6.07, 6.45) is 7.39. The highest BCUT2D eigenvalue weighted by atomic mass is 16.5. The number of rotatable bonds is 11. The molecule has 3 heterocycles. The number of methoxy groups -OCH3 is 1. The largest absolute Gasteiger partial charge is 0.385 e. The number of aromatic nitrogens is 7. The molecular formula is C21H26N8O. The monoisotopic (exact) mass is 406 g/mol. The van der Waals surface area contributed by atoms with Crippen molar-refractivity contribution in [3.8, 4) is 0 Å². The van der Waals surface area contributed by atoms with Gasteiger partial charge in [-0.3, -0.25) is 4.98 Å². The number of pyridine rings is 1. The second-order valence-corrected chi connectivity index (χ2v) is 7.08. The zero-order chi connectivity index (χ0) is 20.6. The first-order chi connectivity index (χ1) is 14.8. The Kier molecular flexibility index (Phi) is 6.73. The molecule has 0 saturated carbocycles. The van der Waals surface area contributed by atoms with Crippen LogP contribution in [-0.4, -0.2) is 55.0 Å². The quantitative estimate of drug-likeness (QED) is 0.382. The van der Waals surface area contributed by atoms with E-state index in [9.17, 15) is 0 Å². The summed E-state index contributed by atoms with van der Waals surface area (Å²) < 4.78 is 9.08. The number of para-hydroxylation sites is 1. The second-order valence-electron chi connectivity index (χ2n) is 7.08. The maximum Gasteiger partial charge on any atom is 0.174 e. The molecule has 0 saturated heterocycles. The topological polar surface area (TPSA) is 95.6 Å². The summed E-state index contributed by atoms with van der Waals surface area (Å²) in [6, 6.07) is 12.1. The van der Waals surface area contributed by atoms with Crippen molar-refractivity contribution in [2.45, 2.75) is 32.0 Å². The molecule has 4 rings (SSSR count). The Balaban J connectivity index is 1.55. The Labute approximate surface area is 175 Å². The summed E-state index contributed by atoms with van der Waals surface area (Å²) in [7, 11) is 1.70. The van der Waals surface area contributed by atoms with Crippen LogP contribution in [0.4, 0.5) is 0 Å². The second kappa shape index (κ2) is 10.0. The first-order valence-electron chi connectivity index (χ1n) is 10.1. The molecule has 30 heavy (non-hydrogen) atoms. The summed E-state index contributed by atoms with van der Waals surface area (Å²) in [6.45, 7) is 3.04. The summed E-state index contributed by atoms with van der Waals surface area (Å²) in [5.74, 6) is 0.761. The van der Waals surface area contributed by atoms with Crippen LogP contribution < -0.4 is 5.32 Å². The van der Waals surface area contributed by atoms with Crippen LogP contribution in [0.5, 0.6) is 0 Å². The van der Waals surface area contributed by atoms with E-state index in [0.717, 1.165) is 48.4 Å². The zero-order valence-corrected chi connectivity index (χ0v) is 17.1. The number of ether oxygens (including phenoxy) is 1. The van der Waals surface area contributed by atoms with Gasteiger partial charge < -0.3 is 14.6 Å². The lowest BCUT2D eigenvalue weighted by Gasteiger charge is -2.18. The number of nitrogens with one attached hydrogen (secondary N) is 1. The highest BCUT2D eigenvalue weighted by Crippen LogP contribution is 2.21. The van der Waals surface area contributed by atoms with Crippen molar-refractivity contribution in [2.24, 2.45) is 0 Å². The molecule has 4 aromatic rings. The molecule has 0 aliphatic carbocycles. The molecule has 0 aliphatic heterocycles. The predicted octanol–water partition coefficient (Wildman–Crippen LogP) is 2.22. The lowest BCUT2D eigenvalue weighted by atomic mass is 10.1. The normalized spacial score (nSPS) is 12.4. The van der Waals surface area contributed by atoms with Gasteiger partial charge in [0.1, 0.15) is 6.04 Å². The number of nitrogens with zero attached hydrogens (tertiary/aromatic N) is 7. The highest BCUT2D eigenvalue weighted by molar-refractivity contribution is 5.78. The van der Waals surface area contributed by atoms with Gasteiger partial charge in [-0.25, -0.2) is 9.67 Å². The molecule has 1 N–H and O–H groups in total. The van der Waals surface area contributed by atoms with Crippen LogP contribution >= 0.6 is 0 Å². The van der Waals surface area contributed by atoms with Gasteiger partial charge in [0.15, 0.2) is 5.82 Å².